The standard InChI is InChI=1S/C29H21Cl2F5N2O6/c1-3-37-24(40)12-6-5-11-13(16(12)25(37)41)9-28(30)26(42)38(23-21(35)19(33)18(32)20(34)22(23)36)27(43)29(28,31)17(11)10-4-7-15(44-2)14(39)8-10/h4-5,7-8,12-13,16-17,39H,3,6,9H2,1-2H3/t12-,13+,16-,17-,28+,29-/m0/s1. The fourth-order valence-corrected chi connectivity index (χ4v) is 8.14. The average Bonchev–Trinajstić information content (AvgIpc) is 3.33. The van der Waals surface area contributed by atoms with Crippen molar-refractivity contribution in [2.24, 2.45) is 17.8 Å². The molecule has 4 aliphatic rings. The molecule has 2 aromatic rings. The first kappa shape index (κ1) is 30.3. The van der Waals surface area contributed by atoms with Crippen LogP contribution in [0.4, 0.5) is 27.6 Å². The summed E-state index contributed by atoms with van der Waals surface area (Å²) in [6.07, 6.45) is 1.00. The minimum Gasteiger partial charge on any atom is -0.504 e. The number of likely N-dealkylation sites (tertiary alicyclic amines) is 1. The topological polar surface area (TPSA) is 104 Å². The summed E-state index contributed by atoms with van der Waals surface area (Å²) in [5, 5.41) is 10.6. The monoisotopic (exact) mass is 658 g/mol. The molecule has 232 valence electrons. The van der Waals surface area contributed by atoms with E-state index in [0.29, 0.717) is 0 Å². The Morgan fingerprint density at radius 3 is 2.11 bits per heavy atom. The van der Waals surface area contributed by atoms with E-state index in [4.69, 9.17) is 27.9 Å². The third kappa shape index (κ3) is 3.56. The number of ether oxygens (including phenoxy) is 1. The van der Waals surface area contributed by atoms with E-state index >= 15 is 8.78 Å². The molecule has 44 heavy (non-hydrogen) atoms. The van der Waals surface area contributed by atoms with Crippen molar-refractivity contribution in [3.63, 3.8) is 0 Å². The van der Waals surface area contributed by atoms with Gasteiger partial charge in [-0.25, -0.2) is 26.9 Å². The first-order valence-corrected chi connectivity index (χ1v) is 14.1. The van der Waals surface area contributed by atoms with Crippen molar-refractivity contribution in [3.05, 3.63) is 64.5 Å². The zero-order valence-electron chi connectivity index (χ0n) is 22.8. The van der Waals surface area contributed by atoms with Crippen LogP contribution in [0.2, 0.25) is 0 Å². The molecule has 0 radical (unpaired) electrons. The van der Waals surface area contributed by atoms with Gasteiger partial charge in [-0.1, -0.05) is 17.7 Å². The van der Waals surface area contributed by atoms with Crippen LogP contribution in [0.3, 0.4) is 0 Å². The highest BCUT2D eigenvalue weighted by Crippen LogP contribution is 2.66. The molecular formula is C29H21Cl2F5N2O6. The number of halogens is 7. The van der Waals surface area contributed by atoms with E-state index in [0.717, 1.165) is 11.0 Å². The largest absolute Gasteiger partial charge is 0.504 e. The van der Waals surface area contributed by atoms with Crippen LogP contribution in [0.25, 0.3) is 0 Å². The second-order valence-electron chi connectivity index (χ2n) is 11.0. The number of aromatic hydroxyl groups is 1. The summed E-state index contributed by atoms with van der Waals surface area (Å²) in [5.41, 5.74) is -1.52. The molecule has 2 saturated heterocycles. The highest BCUT2D eigenvalue weighted by atomic mass is 35.5. The number of carbonyl (C=O) groups is 4. The molecule has 6 rings (SSSR count). The predicted molar refractivity (Wildman–Crippen MR) is 143 cm³/mol. The normalized spacial score (nSPS) is 31.2. The third-order valence-corrected chi connectivity index (χ3v) is 10.6. The van der Waals surface area contributed by atoms with E-state index in [1.165, 1.54) is 19.2 Å². The van der Waals surface area contributed by atoms with Gasteiger partial charge in [-0.05, 0) is 43.4 Å². The number of nitrogens with zero attached hydrogens (tertiary/aromatic N) is 2. The van der Waals surface area contributed by atoms with Gasteiger partial charge in [0.1, 0.15) is 5.69 Å². The number of carbonyl (C=O) groups excluding carboxylic acids is 4. The van der Waals surface area contributed by atoms with E-state index < -0.39 is 104 Å². The molecule has 1 N–H and O–H groups in total. The molecule has 2 aliphatic heterocycles. The Kier molecular flexibility index (Phi) is 6.82. The summed E-state index contributed by atoms with van der Waals surface area (Å²) in [5.74, 6) is -21.3. The molecule has 15 heteroatoms. The van der Waals surface area contributed by atoms with E-state index in [1.54, 1.807) is 13.0 Å². The van der Waals surface area contributed by atoms with E-state index in [2.05, 4.69) is 0 Å². The molecule has 0 bridgehead atoms. The zero-order valence-corrected chi connectivity index (χ0v) is 24.3. The summed E-state index contributed by atoms with van der Waals surface area (Å²) >= 11 is 14.0. The molecular weight excluding hydrogens is 638 g/mol. The molecule has 1 saturated carbocycles. The maximum Gasteiger partial charge on any atom is 0.258 e. The molecule has 0 aromatic heterocycles. The summed E-state index contributed by atoms with van der Waals surface area (Å²) in [4.78, 5) is 50.3. The number of anilines is 1. The predicted octanol–water partition coefficient (Wildman–Crippen LogP) is 4.68. The fraction of sp³-hybridized carbons (Fsp3) is 0.379. The Morgan fingerprint density at radius 1 is 0.932 bits per heavy atom. The van der Waals surface area contributed by atoms with Crippen LogP contribution in [0.5, 0.6) is 11.5 Å². The number of hydrogen-bond donors (Lipinski definition) is 1. The molecule has 6 atom stereocenters. The zero-order chi connectivity index (χ0) is 32.2. The second kappa shape index (κ2) is 9.90. The van der Waals surface area contributed by atoms with Crippen molar-refractivity contribution in [1.82, 2.24) is 4.90 Å². The second-order valence-corrected chi connectivity index (χ2v) is 12.3. The number of benzene rings is 2. The smallest absolute Gasteiger partial charge is 0.258 e. The van der Waals surface area contributed by atoms with Crippen molar-refractivity contribution in [2.45, 2.75) is 35.4 Å². The van der Waals surface area contributed by atoms with Gasteiger partial charge in [0.05, 0.1) is 18.9 Å². The van der Waals surface area contributed by atoms with Gasteiger partial charge in [0.15, 0.2) is 44.5 Å². The minimum atomic E-state index is -2.67. The van der Waals surface area contributed by atoms with Gasteiger partial charge in [0.2, 0.25) is 17.6 Å². The number of methoxy groups -OCH3 is 1. The summed E-state index contributed by atoms with van der Waals surface area (Å²) in [6.45, 7) is 1.65. The fourth-order valence-electron chi connectivity index (χ4n) is 7.20. The van der Waals surface area contributed by atoms with Crippen LogP contribution in [0, 0.1) is 46.8 Å². The number of amides is 4. The van der Waals surface area contributed by atoms with Crippen molar-refractivity contribution in [1.29, 1.82) is 0 Å². The number of fused-ring (bicyclic) bond motifs is 4. The van der Waals surface area contributed by atoms with Crippen LogP contribution < -0.4 is 9.64 Å². The quantitative estimate of drug-likeness (QED) is 0.128. The molecule has 3 fully saturated rings. The number of hydrogen-bond acceptors (Lipinski definition) is 6. The lowest BCUT2D eigenvalue weighted by atomic mass is 9.56. The van der Waals surface area contributed by atoms with Gasteiger partial charge >= 0.3 is 0 Å². The molecule has 0 spiro atoms. The van der Waals surface area contributed by atoms with Crippen molar-refractivity contribution >= 4 is 52.5 Å². The van der Waals surface area contributed by atoms with Crippen LogP contribution in [-0.2, 0) is 19.2 Å². The van der Waals surface area contributed by atoms with Crippen LogP contribution in [0.15, 0.2) is 29.8 Å². The molecule has 2 aliphatic carbocycles. The van der Waals surface area contributed by atoms with Gasteiger partial charge in [0.25, 0.3) is 11.8 Å². The molecule has 8 nitrogen and oxygen atoms in total. The Morgan fingerprint density at radius 2 is 1.55 bits per heavy atom. The molecule has 2 aromatic carbocycles. The van der Waals surface area contributed by atoms with E-state index in [9.17, 15) is 37.5 Å². The molecule has 2 heterocycles. The van der Waals surface area contributed by atoms with Gasteiger partial charge in [0, 0.05) is 12.5 Å². The van der Waals surface area contributed by atoms with Crippen molar-refractivity contribution in [3.8, 4) is 11.5 Å². The Bertz CT molecular complexity index is 1710. The summed E-state index contributed by atoms with van der Waals surface area (Å²) in [7, 11) is 1.27. The van der Waals surface area contributed by atoms with Gasteiger partial charge < -0.3 is 9.84 Å². The van der Waals surface area contributed by atoms with E-state index in [1.807, 2.05) is 0 Å². The molecule has 4 amide bonds. The average molecular weight is 659 g/mol. The number of phenolic OH excluding ortho intramolecular Hbond substituents is 1. The van der Waals surface area contributed by atoms with Crippen LogP contribution in [-0.4, -0.2) is 57.0 Å². The van der Waals surface area contributed by atoms with Gasteiger partial charge in [-0.3, -0.25) is 24.1 Å². The lowest BCUT2D eigenvalue weighted by molar-refractivity contribution is -0.140. The Labute approximate surface area is 255 Å². The highest BCUT2D eigenvalue weighted by Gasteiger charge is 2.77. The van der Waals surface area contributed by atoms with Gasteiger partial charge in [-0.15, -0.1) is 23.2 Å². The first-order chi connectivity index (χ1) is 20.7. The lowest BCUT2D eigenvalue weighted by Gasteiger charge is -2.50. The van der Waals surface area contributed by atoms with E-state index in [-0.39, 0.29) is 34.8 Å². The van der Waals surface area contributed by atoms with Crippen LogP contribution >= 0.6 is 23.2 Å². The first-order valence-electron chi connectivity index (χ1n) is 13.4. The maximum atomic E-state index is 15.0. The number of allylic oxidation sites excluding steroid dienone is 2. The molecule has 0 unspecified atom stereocenters. The highest BCUT2D eigenvalue weighted by molar-refractivity contribution is 6.58. The Hall–Kier alpha value is -3.71. The summed E-state index contributed by atoms with van der Waals surface area (Å²) < 4.78 is 77.6. The number of phenols is 1. The minimum absolute atomic E-state index is 0.00608. The summed E-state index contributed by atoms with van der Waals surface area (Å²) in [6, 6.07) is 3.83. The van der Waals surface area contributed by atoms with Crippen LogP contribution in [0.1, 0.15) is 31.2 Å². The lowest BCUT2D eigenvalue weighted by Crippen LogP contribution is -2.60. The maximum absolute atomic E-state index is 15.0. The number of rotatable bonds is 4. The SMILES string of the molecule is CCN1C(=O)[C@H]2[C@H](CC=C3[C@H]2C[C@@]2(Cl)C(=O)N(c4c(F)c(F)c(F)c(F)c4F)C(=O)[C@@]2(Cl)[C@H]3c2ccc(OC)c(O)c2)C1=O. The van der Waals surface area contributed by atoms with Crippen molar-refractivity contribution in [2.75, 3.05) is 18.6 Å². The van der Waals surface area contributed by atoms with Gasteiger partial charge in [-0.2, -0.15) is 0 Å². The number of alkyl halides is 2. The van der Waals surface area contributed by atoms with Crippen molar-refractivity contribution < 1.29 is 51.0 Å². The third-order valence-electron chi connectivity index (χ3n) is 9.17. The number of imide groups is 2. The Balaban J connectivity index is 1.61.